The van der Waals surface area contributed by atoms with Gasteiger partial charge in [-0.1, -0.05) is 48.5 Å². The van der Waals surface area contributed by atoms with Crippen LogP contribution in [0.15, 0.2) is 77.7 Å². The highest BCUT2D eigenvalue weighted by Gasteiger charge is 2.36. The molecule has 0 spiro atoms. The van der Waals surface area contributed by atoms with Crippen molar-refractivity contribution in [1.82, 2.24) is 9.62 Å². The van der Waals surface area contributed by atoms with Crippen molar-refractivity contribution < 1.29 is 27.8 Å². The van der Waals surface area contributed by atoms with E-state index in [1.54, 1.807) is 43.3 Å². The first-order chi connectivity index (χ1) is 18.7. The molecule has 3 aromatic rings. The lowest BCUT2D eigenvalue weighted by Gasteiger charge is -2.33. The largest absolute Gasteiger partial charge is 0.493 e. The summed E-state index contributed by atoms with van der Waals surface area (Å²) in [7, 11) is -2.73. The summed E-state index contributed by atoms with van der Waals surface area (Å²) in [6, 6.07) is 20.6. The molecule has 4 rings (SSSR count). The molecule has 2 atom stereocenters. The molecule has 1 amide bonds. The van der Waals surface area contributed by atoms with Gasteiger partial charge in [-0.25, -0.2) is 8.42 Å². The van der Waals surface area contributed by atoms with Crippen LogP contribution in [0.2, 0.25) is 0 Å². The molecule has 9 heteroatoms. The fourth-order valence-electron chi connectivity index (χ4n) is 4.80. The van der Waals surface area contributed by atoms with Crippen molar-refractivity contribution in [2.45, 2.75) is 69.3 Å². The number of benzene rings is 3. The Bertz CT molecular complexity index is 1370. The highest BCUT2D eigenvalue weighted by Crippen LogP contribution is 2.35. The first kappa shape index (κ1) is 28.6. The summed E-state index contributed by atoms with van der Waals surface area (Å²) in [5.41, 5.74) is 1.84. The van der Waals surface area contributed by atoms with E-state index in [4.69, 9.17) is 9.47 Å². The second-order valence-corrected chi connectivity index (χ2v) is 11.7. The molecule has 1 aliphatic carbocycles. The van der Waals surface area contributed by atoms with E-state index in [-0.39, 0.29) is 17.5 Å². The Labute approximate surface area is 230 Å². The molecule has 208 valence electrons. The summed E-state index contributed by atoms with van der Waals surface area (Å²) in [6.45, 7) is 3.19. The molecule has 0 unspecified atom stereocenters. The number of methoxy groups -OCH3 is 1. The van der Waals surface area contributed by atoms with Gasteiger partial charge in [0, 0.05) is 18.2 Å². The van der Waals surface area contributed by atoms with Crippen LogP contribution in [0.25, 0.3) is 0 Å². The predicted molar refractivity (Wildman–Crippen MR) is 149 cm³/mol. The number of rotatable bonds is 11. The minimum Gasteiger partial charge on any atom is -0.493 e. The lowest BCUT2D eigenvalue weighted by Crippen LogP contribution is -2.55. The third-order valence-electron chi connectivity index (χ3n) is 6.95. The third kappa shape index (κ3) is 6.79. The average molecular weight is 553 g/mol. The van der Waals surface area contributed by atoms with Gasteiger partial charge in [-0.05, 0) is 68.9 Å². The minimum absolute atomic E-state index is 0.00381. The summed E-state index contributed by atoms with van der Waals surface area (Å²) in [5, 5.41) is 13.6. The van der Waals surface area contributed by atoms with Crippen LogP contribution in [0.4, 0.5) is 0 Å². The van der Waals surface area contributed by atoms with Gasteiger partial charge >= 0.3 is 0 Å². The Kier molecular flexibility index (Phi) is 9.27. The van der Waals surface area contributed by atoms with Crippen molar-refractivity contribution in [2.75, 3.05) is 7.11 Å². The van der Waals surface area contributed by atoms with E-state index in [1.165, 1.54) is 26.2 Å². The summed E-state index contributed by atoms with van der Waals surface area (Å²) >= 11 is 0. The number of nitrogens with zero attached hydrogens (tertiary/aromatic N) is 1. The molecule has 1 saturated carbocycles. The van der Waals surface area contributed by atoms with Gasteiger partial charge in [0.25, 0.3) is 5.91 Å². The van der Waals surface area contributed by atoms with Gasteiger partial charge in [0.2, 0.25) is 10.0 Å². The SMILES string of the molecule is COc1ccc(S(=O)(=O)N(Cc2ccccc2)[C@H](NC(=O)c2ccccc2C)[C@@H](C)O)cc1OC1CCCC1. The zero-order valence-electron chi connectivity index (χ0n) is 22.5. The van der Waals surface area contributed by atoms with E-state index in [0.29, 0.717) is 22.6 Å². The molecule has 0 radical (unpaired) electrons. The maximum absolute atomic E-state index is 14.2. The Morgan fingerprint density at radius 3 is 2.33 bits per heavy atom. The van der Waals surface area contributed by atoms with E-state index < -0.39 is 28.2 Å². The smallest absolute Gasteiger partial charge is 0.252 e. The molecule has 8 nitrogen and oxygen atoms in total. The number of sulfonamides is 1. The van der Waals surface area contributed by atoms with Crippen LogP contribution in [0.1, 0.15) is 54.1 Å². The van der Waals surface area contributed by atoms with Crippen LogP contribution in [0.3, 0.4) is 0 Å². The second kappa shape index (κ2) is 12.6. The summed E-state index contributed by atoms with van der Waals surface area (Å²) in [6.07, 6.45) is 1.45. The number of carbonyl (C=O) groups excluding carboxylic acids is 1. The lowest BCUT2D eigenvalue weighted by atomic mass is 10.1. The number of carbonyl (C=O) groups is 1. The Hall–Kier alpha value is -3.40. The number of nitrogens with one attached hydrogen (secondary N) is 1. The van der Waals surface area contributed by atoms with Gasteiger partial charge in [-0.15, -0.1) is 0 Å². The molecular weight excluding hydrogens is 516 g/mol. The normalized spacial score (nSPS) is 15.6. The molecule has 0 saturated heterocycles. The molecule has 0 heterocycles. The van der Waals surface area contributed by atoms with Gasteiger partial charge in [-0.3, -0.25) is 4.79 Å². The van der Waals surface area contributed by atoms with E-state index >= 15 is 0 Å². The van der Waals surface area contributed by atoms with E-state index in [9.17, 15) is 18.3 Å². The molecule has 2 N–H and O–H groups in total. The maximum atomic E-state index is 14.2. The second-order valence-electron chi connectivity index (χ2n) is 9.85. The lowest BCUT2D eigenvalue weighted by molar-refractivity contribution is 0.0642. The van der Waals surface area contributed by atoms with Crippen molar-refractivity contribution >= 4 is 15.9 Å². The monoisotopic (exact) mass is 552 g/mol. The Morgan fingerprint density at radius 2 is 1.69 bits per heavy atom. The van der Waals surface area contributed by atoms with Gasteiger partial charge in [0.1, 0.15) is 6.17 Å². The topological polar surface area (TPSA) is 105 Å². The third-order valence-corrected chi connectivity index (χ3v) is 8.78. The highest BCUT2D eigenvalue weighted by atomic mass is 32.2. The van der Waals surface area contributed by atoms with Crippen LogP contribution in [0, 0.1) is 6.92 Å². The van der Waals surface area contributed by atoms with Gasteiger partial charge in [-0.2, -0.15) is 4.31 Å². The molecule has 39 heavy (non-hydrogen) atoms. The first-order valence-electron chi connectivity index (χ1n) is 13.2. The predicted octanol–water partition coefficient (Wildman–Crippen LogP) is 4.65. The van der Waals surface area contributed by atoms with Crippen LogP contribution >= 0.6 is 0 Å². The maximum Gasteiger partial charge on any atom is 0.252 e. The van der Waals surface area contributed by atoms with E-state index in [0.717, 1.165) is 35.6 Å². The first-order valence-corrected chi connectivity index (χ1v) is 14.6. The van der Waals surface area contributed by atoms with Crippen molar-refractivity contribution in [3.8, 4) is 11.5 Å². The number of ether oxygens (including phenoxy) is 2. The fourth-order valence-corrected chi connectivity index (χ4v) is 6.41. The standard InChI is InChI=1S/C30H36N2O6S/c1-21-11-7-10-16-26(21)30(34)31-29(22(2)33)32(20-23-12-5-4-6-13-23)39(35,36)25-17-18-27(37-3)28(19-25)38-24-14-8-9-15-24/h4-7,10-13,16-19,22,24,29,33H,8-9,14-15,20H2,1-3H3,(H,31,34)/t22-,29+/m1/s1. The number of aliphatic hydroxyl groups excluding tert-OH is 1. The van der Waals surface area contributed by atoms with Gasteiger partial charge < -0.3 is 19.9 Å². The number of hydrogen-bond donors (Lipinski definition) is 2. The Balaban J connectivity index is 1.74. The molecule has 3 aromatic carbocycles. The van der Waals surface area contributed by atoms with Crippen LogP contribution < -0.4 is 14.8 Å². The van der Waals surface area contributed by atoms with Crippen molar-refractivity contribution in [3.05, 3.63) is 89.5 Å². The zero-order chi connectivity index (χ0) is 28.0. The molecule has 0 aromatic heterocycles. The van der Waals surface area contributed by atoms with Crippen molar-refractivity contribution in [1.29, 1.82) is 0 Å². The molecule has 1 fully saturated rings. The quantitative estimate of drug-likeness (QED) is 0.336. The number of amides is 1. The Morgan fingerprint density at radius 1 is 1.03 bits per heavy atom. The van der Waals surface area contributed by atoms with Crippen LogP contribution in [-0.4, -0.2) is 49.2 Å². The summed E-state index contributed by atoms with van der Waals surface area (Å²) in [4.78, 5) is 13.2. The van der Waals surface area contributed by atoms with Crippen molar-refractivity contribution in [2.24, 2.45) is 0 Å². The molecular formula is C30H36N2O6S. The number of aliphatic hydroxyl groups is 1. The molecule has 0 bridgehead atoms. The van der Waals surface area contributed by atoms with E-state index in [1.807, 2.05) is 24.3 Å². The minimum atomic E-state index is -4.24. The highest BCUT2D eigenvalue weighted by molar-refractivity contribution is 7.89. The number of aryl methyl sites for hydroxylation is 1. The van der Waals surface area contributed by atoms with Crippen LogP contribution in [0.5, 0.6) is 11.5 Å². The summed E-state index contributed by atoms with van der Waals surface area (Å²) < 4.78 is 41.2. The molecule has 1 aliphatic rings. The van der Waals surface area contributed by atoms with Crippen molar-refractivity contribution in [3.63, 3.8) is 0 Å². The zero-order valence-corrected chi connectivity index (χ0v) is 23.4. The van der Waals surface area contributed by atoms with Gasteiger partial charge in [0.05, 0.1) is 24.2 Å². The molecule has 0 aliphatic heterocycles. The van der Waals surface area contributed by atoms with Crippen LogP contribution in [-0.2, 0) is 16.6 Å². The van der Waals surface area contributed by atoms with Gasteiger partial charge in [0.15, 0.2) is 11.5 Å². The number of hydrogen-bond acceptors (Lipinski definition) is 6. The average Bonchev–Trinajstić information content (AvgIpc) is 3.44. The summed E-state index contributed by atoms with van der Waals surface area (Å²) in [5.74, 6) is 0.310. The van der Waals surface area contributed by atoms with E-state index in [2.05, 4.69) is 5.32 Å². The fraction of sp³-hybridized carbons (Fsp3) is 0.367.